The fraction of sp³-hybridized carbons (Fsp3) is 0.333. The van der Waals surface area contributed by atoms with Gasteiger partial charge in [0.1, 0.15) is 11.5 Å². The molecule has 1 aliphatic rings. The number of nitrogens with one attached hydrogen (secondary N) is 1. The van der Waals surface area contributed by atoms with Crippen molar-refractivity contribution in [3.63, 3.8) is 0 Å². The van der Waals surface area contributed by atoms with E-state index in [4.69, 9.17) is 0 Å². The molecule has 0 bridgehead atoms. The maximum atomic E-state index is 13.9. The second-order valence-corrected chi connectivity index (χ2v) is 4.92. The number of rotatable bonds is 3. The number of carbonyl (C=O) groups excluding carboxylic acids is 1. The maximum absolute atomic E-state index is 13.9. The Bertz CT molecular complexity index is 644. The third-order valence-corrected chi connectivity index (χ3v) is 3.56. The molecule has 0 radical (unpaired) electrons. The summed E-state index contributed by atoms with van der Waals surface area (Å²) in [7, 11) is 0. The summed E-state index contributed by atoms with van der Waals surface area (Å²) in [5.41, 5.74) is 0.619. The lowest BCUT2D eigenvalue weighted by molar-refractivity contribution is 0.0983. The molecule has 0 aliphatic carbocycles. The molecule has 0 saturated carbocycles. The van der Waals surface area contributed by atoms with E-state index < -0.39 is 5.82 Å². The summed E-state index contributed by atoms with van der Waals surface area (Å²) in [5, 5.41) is 3.15. The highest BCUT2D eigenvalue weighted by Crippen LogP contribution is 2.22. The minimum atomic E-state index is -0.408. The van der Waals surface area contributed by atoms with E-state index in [2.05, 4.69) is 10.3 Å². The van der Waals surface area contributed by atoms with Crippen molar-refractivity contribution in [2.45, 2.75) is 19.9 Å². The molecular weight excluding hydrogens is 271 g/mol. The first-order chi connectivity index (χ1) is 10.2. The van der Waals surface area contributed by atoms with Gasteiger partial charge in [-0.05, 0) is 25.5 Å². The summed E-state index contributed by atoms with van der Waals surface area (Å²) in [6.45, 7) is 3.90. The van der Waals surface area contributed by atoms with Crippen molar-refractivity contribution in [1.29, 1.82) is 0 Å². The van der Waals surface area contributed by atoms with Crippen molar-refractivity contribution in [3.8, 4) is 0 Å². The van der Waals surface area contributed by atoms with E-state index in [-0.39, 0.29) is 11.6 Å². The van der Waals surface area contributed by atoms with E-state index >= 15 is 0 Å². The van der Waals surface area contributed by atoms with Gasteiger partial charge in [-0.25, -0.2) is 9.37 Å². The molecular formula is C15H17FN4O. The van der Waals surface area contributed by atoms with Gasteiger partial charge in [-0.3, -0.25) is 4.79 Å². The fourth-order valence-corrected chi connectivity index (χ4v) is 2.51. The molecule has 3 rings (SSSR count). The van der Waals surface area contributed by atoms with Crippen LogP contribution in [0.2, 0.25) is 0 Å². The molecule has 5 nitrogen and oxygen atoms in total. The van der Waals surface area contributed by atoms with Crippen LogP contribution in [0.15, 0.2) is 30.5 Å². The lowest BCUT2D eigenvalue weighted by atomic mass is 10.2. The Hall–Kier alpha value is -2.37. The van der Waals surface area contributed by atoms with Gasteiger partial charge in [0.25, 0.3) is 5.91 Å². The van der Waals surface area contributed by atoms with Crippen LogP contribution in [0, 0.1) is 5.82 Å². The zero-order valence-corrected chi connectivity index (χ0v) is 11.8. The van der Waals surface area contributed by atoms with Gasteiger partial charge in [0, 0.05) is 25.8 Å². The minimum absolute atomic E-state index is 0.281. The van der Waals surface area contributed by atoms with Crippen LogP contribution < -0.4 is 10.2 Å². The van der Waals surface area contributed by atoms with Crippen LogP contribution in [-0.2, 0) is 6.54 Å². The molecule has 1 amide bonds. The molecule has 1 N–H and O–H groups in total. The standard InChI is InChI=1S/C15H17FN4O/c1-2-20(13-7-4-3-6-11(13)16)14(21)12-10-19-9-5-8-17-15(19)18-12/h3-4,6-7,10H,2,5,8-9H2,1H3,(H,17,18). The highest BCUT2D eigenvalue weighted by molar-refractivity contribution is 6.05. The topological polar surface area (TPSA) is 50.2 Å². The number of aryl methyl sites for hydroxylation is 1. The van der Waals surface area contributed by atoms with Gasteiger partial charge in [0.15, 0.2) is 0 Å². The van der Waals surface area contributed by atoms with Gasteiger partial charge in [0.05, 0.1) is 5.69 Å². The van der Waals surface area contributed by atoms with Crippen LogP contribution in [0.4, 0.5) is 16.0 Å². The quantitative estimate of drug-likeness (QED) is 0.944. The van der Waals surface area contributed by atoms with E-state index in [1.54, 1.807) is 24.4 Å². The first-order valence-corrected chi connectivity index (χ1v) is 7.08. The number of hydrogen-bond acceptors (Lipinski definition) is 3. The monoisotopic (exact) mass is 288 g/mol. The van der Waals surface area contributed by atoms with Gasteiger partial charge in [0.2, 0.25) is 5.95 Å². The van der Waals surface area contributed by atoms with Crippen LogP contribution in [-0.4, -0.2) is 28.5 Å². The Morgan fingerprint density at radius 1 is 1.48 bits per heavy atom. The number of fused-ring (bicyclic) bond motifs is 1. The van der Waals surface area contributed by atoms with Crippen molar-refractivity contribution in [2.75, 3.05) is 23.3 Å². The van der Waals surface area contributed by atoms with Crippen molar-refractivity contribution >= 4 is 17.5 Å². The van der Waals surface area contributed by atoms with Crippen LogP contribution in [0.5, 0.6) is 0 Å². The predicted molar refractivity (Wildman–Crippen MR) is 79.1 cm³/mol. The maximum Gasteiger partial charge on any atom is 0.278 e. The molecule has 1 aliphatic heterocycles. The molecule has 110 valence electrons. The number of benzene rings is 1. The van der Waals surface area contributed by atoms with Gasteiger partial charge in [-0.15, -0.1) is 0 Å². The Morgan fingerprint density at radius 2 is 2.29 bits per heavy atom. The summed E-state index contributed by atoms with van der Waals surface area (Å²) in [6, 6.07) is 6.28. The van der Waals surface area contributed by atoms with Crippen molar-refractivity contribution in [1.82, 2.24) is 9.55 Å². The van der Waals surface area contributed by atoms with Gasteiger partial charge in [-0.1, -0.05) is 12.1 Å². The van der Waals surface area contributed by atoms with E-state index in [9.17, 15) is 9.18 Å². The summed E-state index contributed by atoms with van der Waals surface area (Å²) in [4.78, 5) is 18.3. The average Bonchev–Trinajstić information content (AvgIpc) is 2.93. The van der Waals surface area contributed by atoms with E-state index in [1.165, 1.54) is 11.0 Å². The summed E-state index contributed by atoms with van der Waals surface area (Å²) in [5.74, 6) is 0.00952. The second kappa shape index (κ2) is 5.55. The van der Waals surface area contributed by atoms with Gasteiger partial charge >= 0.3 is 0 Å². The molecule has 0 fully saturated rings. The van der Waals surface area contributed by atoms with Gasteiger partial charge < -0.3 is 14.8 Å². The third-order valence-electron chi connectivity index (χ3n) is 3.56. The van der Waals surface area contributed by atoms with E-state index in [1.807, 2.05) is 11.5 Å². The number of nitrogens with zero attached hydrogens (tertiary/aromatic N) is 3. The molecule has 0 atom stereocenters. The molecule has 1 aromatic heterocycles. The SMILES string of the molecule is CCN(C(=O)c1cn2c(n1)NCCC2)c1ccccc1F. The lowest BCUT2D eigenvalue weighted by Gasteiger charge is -2.20. The molecule has 2 heterocycles. The smallest absolute Gasteiger partial charge is 0.278 e. The van der Waals surface area contributed by atoms with E-state index in [0.717, 1.165) is 19.5 Å². The highest BCUT2D eigenvalue weighted by atomic mass is 19.1. The number of imidazole rings is 1. The largest absolute Gasteiger partial charge is 0.356 e. The van der Waals surface area contributed by atoms with Crippen LogP contribution in [0.25, 0.3) is 0 Å². The normalized spacial score (nSPS) is 13.4. The molecule has 6 heteroatoms. The average molecular weight is 288 g/mol. The number of carbonyl (C=O) groups is 1. The lowest BCUT2D eigenvalue weighted by Crippen LogP contribution is -2.31. The Balaban J connectivity index is 1.92. The molecule has 2 aromatic rings. The molecule has 0 unspecified atom stereocenters. The molecule has 0 spiro atoms. The number of amides is 1. The minimum Gasteiger partial charge on any atom is -0.356 e. The van der Waals surface area contributed by atoms with E-state index in [0.29, 0.717) is 18.2 Å². The van der Waals surface area contributed by atoms with Crippen molar-refractivity contribution in [2.24, 2.45) is 0 Å². The number of anilines is 2. The molecule has 0 saturated heterocycles. The van der Waals surface area contributed by atoms with Gasteiger partial charge in [-0.2, -0.15) is 0 Å². The summed E-state index contributed by atoms with van der Waals surface area (Å²) >= 11 is 0. The number of hydrogen-bond donors (Lipinski definition) is 1. The number of aromatic nitrogens is 2. The zero-order valence-electron chi connectivity index (χ0n) is 11.8. The zero-order chi connectivity index (χ0) is 14.8. The van der Waals surface area contributed by atoms with Crippen LogP contribution in [0.1, 0.15) is 23.8 Å². The summed E-state index contributed by atoms with van der Waals surface area (Å²) in [6.07, 6.45) is 2.73. The predicted octanol–water partition coefficient (Wildman–Crippen LogP) is 2.50. The Morgan fingerprint density at radius 3 is 3.00 bits per heavy atom. The Labute approximate surface area is 122 Å². The van der Waals surface area contributed by atoms with Crippen molar-refractivity contribution < 1.29 is 9.18 Å². The molecule has 21 heavy (non-hydrogen) atoms. The first kappa shape index (κ1) is 13.6. The third kappa shape index (κ3) is 2.49. The highest BCUT2D eigenvalue weighted by Gasteiger charge is 2.23. The number of para-hydroxylation sites is 1. The first-order valence-electron chi connectivity index (χ1n) is 7.08. The fourth-order valence-electron chi connectivity index (χ4n) is 2.51. The van der Waals surface area contributed by atoms with Crippen LogP contribution in [0.3, 0.4) is 0 Å². The Kier molecular flexibility index (Phi) is 3.60. The summed E-state index contributed by atoms with van der Waals surface area (Å²) < 4.78 is 15.8. The number of halogens is 1. The molecule has 1 aromatic carbocycles. The van der Waals surface area contributed by atoms with Crippen molar-refractivity contribution in [3.05, 3.63) is 42.0 Å². The van der Waals surface area contributed by atoms with Crippen LogP contribution >= 0.6 is 0 Å². The second-order valence-electron chi connectivity index (χ2n) is 4.92.